The van der Waals surface area contributed by atoms with E-state index in [0.29, 0.717) is 154 Å². The van der Waals surface area contributed by atoms with E-state index in [9.17, 15) is 14.4 Å². The number of hydrogen-bond acceptors (Lipinski definition) is 16. The zero-order valence-electron chi connectivity index (χ0n) is 41.2. The number of allylic oxidation sites excluding steroid dienone is 2. The summed E-state index contributed by atoms with van der Waals surface area (Å²) in [6.07, 6.45) is 10.2. The van der Waals surface area contributed by atoms with Gasteiger partial charge in [-0.15, -0.1) is 0 Å². The molecule has 2 saturated heterocycles. The number of methoxy groups -OCH3 is 3. The SMILES string of the molecule is CC=C1CC2C=Nc3cc(OCc4cc(OCCN(CCCC(=O)OCC)CCOCCOCCOC)cc(COc5cc6c(cc5OC)C(=O)N5CC(=CC)CC5C=N6)n4)c(OC)cc3C(=O)N2C1. The van der Waals surface area contributed by atoms with Gasteiger partial charge in [-0.2, -0.15) is 0 Å². The molecule has 0 bridgehead atoms. The van der Waals surface area contributed by atoms with Crippen molar-refractivity contribution < 1.29 is 57.0 Å². The first kappa shape index (κ1) is 51.5. The number of nitrogens with zero attached hydrogens (tertiary/aromatic N) is 6. The number of carbonyl (C=O) groups is 3. The molecule has 70 heavy (non-hydrogen) atoms. The number of amides is 2. The third kappa shape index (κ3) is 13.3. The van der Waals surface area contributed by atoms with Gasteiger partial charge in [-0.3, -0.25) is 34.3 Å². The molecule has 4 aliphatic heterocycles. The Morgan fingerprint density at radius 2 is 1.20 bits per heavy atom. The molecular formula is C52H66N6O12. The molecule has 376 valence electrons. The predicted molar refractivity (Wildman–Crippen MR) is 263 cm³/mol. The van der Waals surface area contributed by atoms with Crippen LogP contribution in [0.2, 0.25) is 0 Å². The van der Waals surface area contributed by atoms with E-state index in [4.69, 9.17) is 57.6 Å². The molecule has 5 heterocycles. The van der Waals surface area contributed by atoms with Crippen LogP contribution >= 0.6 is 0 Å². The summed E-state index contributed by atoms with van der Waals surface area (Å²) < 4.78 is 52.3. The third-order valence-corrected chi connectivity index (χ3v) is 12.5. The second kappa shape index (κ2) is 25.5. The topological polar surface area (TPSA) is 182 Å². The van der Waals surface area contributed by atoms with E-state index in [0.717, 1.165) is 12.8 Å². The highest BCUT2D eigenvalue weighted by Crippen LogP contribution is 2.41. The van der Waals surface area contributed by atoms with E-state index in [1.165, 1.54) is 25.4 Å². The Morgan fingerprint density at radius 1 is 0.671 bits per heavy atom. The summed E-state index contributed by atoms with van der Waals surface area (Å²) in [6, 6.07) is 10.2. The van der Waals surface area contributed by atoms with Crippen LogP contribution in [0.25, 0.3) is 0 Å². The highest BCUT2D eigenvalue weighted by Gasteiger charge is 2.36. The number of aliphatic imine (C=N–C) groups is 2. The minimum absolute atomic E-state index is 0.00844. The van der Waals surface area contributed by atoms with Crippen molar-refractivity contribution in [3.8, 4) is 28.7 Å². The van der Waals surface area contributed by atoms with Crippen molar-refractivity contribution in [2.24, 2.45) is 9.98 Å². The fourth-order valence-corrected chi connectivity index (χ4v) is 8.65. The van der Waals surface area contributed by atoms with Gasteiger partial charge in [0, 0.05) is 76.4 Å². The van der Waals surface area contributed by atoms with Crippen molar-refractivity contribution in [1.82, 2.24) is 19.7 Å². The molecule has 7 rings (SSSR count). The monoisotopic (exact) mass is 966 g/mol. The Bertz CT molecular complexity index is 2300. The third-order valence-electron chi connectivity index (χ3n) is 12.5. The Labute approximate surface area is 410 Å². The lowest BCUT2D eigenvalue weighted by molar-refractivity contribution is -0.143. The van der Waals surface area contributed by atoms with Gasteiger partial charge in [0.25, 0.3) is 11.8 Å². The highest BCUT2D eigenvalue weighted by atomic mass is 16.5. The minimum atomic E-state index is -0.231. The number of rotatable bonds is 26. The van der Waals surface area contributed by atoms with E-state index in [1.54, 1.807) is 50.4 Å². The summed E-state index contributed by atoms with van der Waals surface area (Å²) in [4.78, 5) is 59.9. The molecule has 0 saturated carbocycles. The van der Waals surface area contributed by atoms with E-state index >= 15 is 0 Å². The molecule has 0 aliphatic carbocycles. The van der Waals surface area contributed by atoms with E-state index in [1.807, 2.05) is 36.1 Å². The quantitative estimate of drug-likeness (QED) is 0.0470. The molecule has 2 atom stereocenters. The summed E-state index contributed by atoms with van der Waals surface area (Å²) in [6.45, 7) is 11.7. The van der Waals surface area contributed by atoms with Crippen molar-refractivity contribution in [2.75, 3.05) is 100 Å². The van der Waals surface area contributed by atoms with Crippen LogP contribution in [0.5, 0.6) is 28.7 Å². The molecule has 2 amide bonds. The molecule has 2 aromatic carbocycles. The molecule has 4 aliphatic rings. The van der Waals surface area contributed by atoms with E-state index in [-0.39, 0.29) is 43.1 Å². The van der Waals surface area contributed by atoms with E-state index < -0.39 is 0 Å². The molecule has 0 spiro atoms. The van der Waals surface area contributed by atoms with Crippen LogP contribution in [-0.2, 0) is 37.0 Å². The lowest BCUT2D eigenvalue weighted by Crippen LogP contribution is -2.35. The first-order valence-corrected chi connectivity index (χ1v) is 24.0. The van der Waals surface area contributed by atoms with Gasteiger partial charge in [0.1, 0.15) is 25.6 Å². The highest BCUT2D eigenvalue weighted by molar-refractivity contribution is 6.04. The molecule has 1 aromatic heterocycles. The zero-order chi connectivity index (χ0) is 49.4. The minimum Gasteiger partial charge on any atom is -0.493 e. The maximum absolute atomic E-state index is 13.7. The average molecular weight is 967 g/mol. The van der Waals surface area contributed by atoms with Crippen molar-refractivity contribution in [3.63, 3.8) is 0 Å². The standard InChI is InChI=1S/C52H66N6O12/c1-7-35-21-39-29-53-44-27-48(46(63-5)25-42(44)51(60)57(39)31-35)69-33-37-23-41(68-16-14-56(12-10-11-50(59)67-9-3)13-15-65-19-20-66-18-17-62-4)24-38(55-37)34-70-49-28-45-43(26-47(49)64-6)52(61)58-32-36(8-2)22-40(58)30-54-45/h7-8,23-30,39-40H,9-22,31-34H2,1-6H3. The Hall–Kier alpha value is -6.34. The van der Waals surface area contributed by atoms with Crippen LogP contribution in [-0.4, -0.2) is 162 Å². The smallest absolute Gasteiger partial charge is 0.305 e. The lowest BCUT2D eigenvalue weighted by atomic mass is 10.1. The summed E-state index contributed by atoms with van der Waals surface area (Å²) in [5.41, 5.74) is 5.32. The molecule has 0 radical (unpaired) electrons. The molecule has 3 aromatic rings. The van der Waals surface area contributed by atoms with Crippen LogP contribution in [0, 0.1) is 0 Å². The van der Waals surface area contributed by atoms with Crippen molar-refractivity contribution in [2.45, 2.75) is 71.8 Å². The second-order valence-electron chi connectivity index (χ2n) is 17.1. The first-order valence-electron chi connectivity index (χ1n) is 24.0. The fraction of sp³-hybridized carbons (Fsp3) is 0.500. The maximum Gasteiger partial charge on any atom is 0.305 e. The second-order valence-corrected chi connectivity index (χ2v) is 17.1. The van der Waals surface area contributed by atoms with E-state index in [2.05, 4.69) is 17.1 Å². The van der Waals surface area contributed by atoms with Gasteiger partial charge < -0.3 is 52.4 Å². The molecule has 18 heteroatoms. The van der Waals surface area contributed by atoms with Crippen LogP contribution in [0.1, 0.15) is 78.6 Å². The average Bonchev–Trinajstić information content (AvgIpc) is 3.94. The van der Waals surface area contributed by atoms with Crippen molar-refractivity contribution >= 4 is 41.6 Å². The number of esters is 1. The van der Waals surface area contributed by atoms with Gasteiger partial charge in [0.2, 0.25) is 0 Å². The van der Waals surface area contributed by atoms with Gasteiger partial charge in [-0.05, 0) is 58.7 Å². The largest absolute Gasteiger partial charge is 0.493 e. The summed E-state index contributed by atoms with van der Waals surface area (Å²) in [7, 11) is 4.69. The number of fused-ring (bicyclic) bond motifs is 4. The number of ether oxygens (including phenoxy) is 9. The fourth-order valence-electron chi connectivity index (χ4n) is 8.65. The summed E-state index contributed by atoms with van der Waals surface area (Å²) >= 11 is 0. The lowest BCUT2D eigenvalue weighted by Gasteiger charge is -2.22. The number of benzene rings is 2. The Morgan fingerprint density at radius 3 is 1.71 bits per heavy atom. The van der Waals surface area contributed by atoms with Gasteiger partial charge in [-0.25, -0.2) is 0 Å². The normalized spacial score (nSPS) is 18.2. The Kier molecular flexibility index (Phi) is 18.8. The molecular weight excluding hydrogens is 901 g/mol. The summed E-state index contributed by atoms with van der Waals surface area (Å²) in [5.74, 6) is 1.61. The predicted octanol–water partition coefficient (Wildman–Crippen LogP) is 6.71. The number of hydrogen-bond donors (Lipinski definition) is 0. The van der Waals surface area contributed by atoms with Gasteiger partial charge >= 0.3 is 5.97 Å². The number of carbonyl (C=O) groups excluding carboxylic acids is 3. The molecule has 18 nitrogen and oxygen atoms in total. The number of aromatic nitrogens is 1. The summed E-state index contributed by atoms with van der Waals surface area (Å²) in [5, 5.41) is 0. The van der Waals surface area contributed by atoms with Crippen molar-refractivity contribution in [1.29, 1.82) is 0 Å². The van der Waals surface area contributed by atoms with Crippen LogP contribution in [0.3, 0.4) is 0 Å². The Balaban J connectivity index is 1.09. The van der Waals surface area contributed by atoms with Crippen LogP contribution in [0.15, 0.2) is 69.7 Å². The maximum atomic E-state index is 13.7. The first-order chi connectivity index (χ1) is 34.1. The molecule has 2 fully saturated rings. The van der Waals surface area contributed by atoms with Crippen LogP contribution < -0.4 is 23.7 Å². The van der Waals surface area contributed by atoms with Crippen molar-refractivity contribution in [3.05, 3.63) is 82.2 Å². The zero-order valence-corrected chi connectivity index (χ0v) is 41.2. The molecule has 2 unspecified atom stereocenters. The van der Waals surface area contributed by atoms with Gasteiger partial charge in [0.15, 0.2) is 23.0 Å². The van der Waals surface area contributed by atoms with Gasteiger partial charge in [0.05, 0.1) is 99.8 Å². The van der Waals surface area contributed by atoms with Gasteiger partial charge in [-0.1, -0.05) is 23.3 Å². The number of pyridine rings is 1. The van der Waals surface area contributed by atoms with Crippen LogP contribution in [0.4, 0.5) is 11.4 Å². The molecule has 0 N–H and O–H groups in total.